The van der Waals surface area contributed by atoms with Crippen molar-refractivity contribution < 1.29 is 32.1 Å². The molecule has 4 heterocycles. The molecule has 0 spiro atoms. The van der Waals surface area contributed by atoms with Gasteiger partial charge in [-0.1, -0.05) is 53.5 Å². The predicted octanol–water partition coefficient (Wildman–Crippen LogP) is 7.93. The van der Waals surface area contributed by atoms with Crippen molar-refractivity contribution in [1.82, 2.24) is 19.9 Å². The van der Waals surface area contributed by atoms with Crippen LogP contribution in [0.4, 0.5) is 13.2 Å². The Kier molecular flexibility index (Phi) is 10.6. The fourth-order valence-electron chi connectivity index (χ4n) is 8.71. The van der Waals surface area contributed by atoms with E-state index in [1.54, 1.807) is 18.2 Å². The predicted molar refractivity (Wildman–Crippen MR) is 199 cm³/mol. The second kappa shape index (κ2) is 14.7. The number of hydrogen-bond acceptors (Lipinski definition) is 8. The summed E-state index contributed by atoms with van der Waals surface area (Å²) in [5, 5.41) is 0.643. The van der Waals surface area contributed by atoms with Gasteiger partial charge in [-0.25, -0.2) is 18.2 Å². The van der Waals surface area contributed by atoms with Crippen LogP contribution in [-0.4, -0.2) is 80.3 Å². The second-order valence-electron chi connectivity index (χ2n) is 14.9. The van der Waals surface area contributed by atoms with Gasteiger partial charge in [-0.05, 0) is 59.6 Å². The molecule has 2 aromatic carbocycles. The van der Waals surface area contributed by atoms with Gasteiger partial charge in [0.05, 0.1) is 18.2 Å². The number of nitrogens with zero attached hydrogens (tertiary/aromatic N) is 3. The third-order valence-corrected chi connectivity index (χ3v) is 17.4. The van der Waals surface area contributed by atoms with Crippen molar-refractivity contribution in [3.63, 3.8) is 0 Å². The maximum atomic E-state index is 17.0. The van der Waals surface area contributed by atoms with Crippen LogP contribution in [0.2, 0.25) is 16.6 Å². The smallest absolute Gasteiger partial charge is 0.297 e. The van der Waals surface area contributed by atoms with Gasteiger partial charge in [0.1, 0.15) is 49.0 Å². The molecule has 0 saturated carbocycles. The molecule has 2 aromatic heterocycles. The summed E-state index contributed by atoms with van der Waals surface area (Å²) in [5.41, 5.74) is 2.93. The summed E-state index contributed by atoms with van der Waals surface area (Å²) in [6.07, 6.45) is 0.988. The number of benzene rings is 2. The molecule has 2 aliphatic rings. The summed E-state index contributed by atoms with van der Waals surface area (Å²) in [6.45, 7) is 14.1. The van der Waals surface area contributed by atoms with Gasteiger partial charge >= 0.3 is 0 Å². The lowest BCUT2D eigenvalue weighted by Crippen LogP contribution is -2.43. The van der Waals surface area contributed by atoms with Crippen LogP contribution in [0.25, 0.3) is 32.9 Å². The van der Waals surface area contributed by atoms with E-state index in [0.29, 0.717) is 46.1 Å². The van der Waals surface area contributed by atoms with Crippen molar-refractivity contribution >= 4 is 29.7 Å². The number of alkyl halides is 1. The Balaban J connectivity index is 1.57. The Bertz CT molecular complexity index is 2090. The molecular formula is C39H47F3N4O5Si. The molecule has 2 saturated heterocycles. The van der Waals surface area contributed by atoms with E-state index in [2.05, 4.69) is 72.9 Å². The van der Waals surface area contributed by atoms with E-state index in [4.69, 9.17) is 18.9 Å². The van der Waals surface area contributed by atoms with E-state index in [1.807, 2.05) is 0 Å². The lowest BCUT2D eigenvalue weighted by molar-refractivity contribution is 0.0512. The number of H-pyrrole nitrogens is 1. The fourth-order valence-corrected chi connectivity index (χ4v) is 13.9. The molecule has 1 N–H and O–H groups in total. The van der Waals surface area contributed by atoms with Crippen LogP contribution in [0.1, 0.15) is 66.4 Å². The van der Waals surface area contributed by atoms with Gasteiger partial charge in [0, 0.05) is 31.0 Å². The number of ether oxygens (including phenoxy) is 4. The standard InChI is InChI=1S/C39H47F3N4O5Si/c1-22(2)52(23(3)4,24(5)6)15-12-28-30(41)11-10-25-16-27(51-21-48-7)17-29(31(25)28)34-33(42)35-32(37(43-34)49-8)36(47)45-38(44-35)50-20-39-13-9-14-46(39)19-26(40)18-39/h10-11,16-17,22-24,26H,9,13-14,18-21H2,1-8H3,(H,44,45,47)/t26-,39+/m1/s1. The van der Waals surface area contributed by atoms with Crippen LogP contribution in [0.15, 0.2) is 29.1 Å². The molecular weight excluding hydrogens is 690 g/mol. The summed E-state index contributed by atoms with van der Waals surface area (Å²) >= 11 is 0. The number of halogens is 3. The molecule has 278 valence electrons. The molecule has 52 heavy (non-hydrogen) atoms. The number of nitrogens with one attached hydrogen (secondary N) is 1. The maximum Gasteiger partial charge on any atom is 0.297 e. The van der Waals surface area contributed by atoms with Gasteiger partial charge in [0.15, 0.2) is 12.6 Å². The molecule has 0 amide bonds. The lowest BCUT2D eigenvalue weighted by Gasteiger charge is -2.38. The largest absolute Gasteiger partial charge is 0.480 e. The average molecular weight is 737 g/mol. The molecule has 13 heteroatoms. The highest BCUT2D eigenvalue weighted by Crippen LogP contribution is 2.43. The van der Waals surface area contributed by atoms with Crippen LogP contribution in [0.3, 0.4) is 0 Å². The highest BCUT2D eigenvalue weighted by Gasteiger charge is 2.49. The van der Waals surface area contributed by atoms with E-state index in [0.717, 1.165) is 19.4 Å². The Morgan fingerprint density at radius 1 is 1.04 bits per heavy atom. The van der Waals surface area contributed by atoms with Gasteiger partial charge < -0.3 is 18.9 Å². The number of hydrogen-bond donors (Lipinski definition) is 1. The van der Waals surface area contributed by atoms with E-state index < -0.39 is 37.0 Å². The maximum absolute atomic E-state index is 17.0. The molecule has 0 aliphatic carbocycles. The number of methoxy groups -OCH3 is 2. The van der Waals surface area contributed by atoms with Crippen LogP contribution in [-0.2, 0) is 4.74 Å². The first-order valence-electron chi connectivity index (χ1n) is 17.9. The minimum Gasteiger partial charge on any atom is -0.480 e. The first-order valence-corrected chi connectivity index (χ1v) is 20.1. The minimum absolute atomic E-state index is 0.0807. The van der Waals surface area contributed by atoms with Crippen molar-refractivity contribution in [1.29, 1.82) is 0 Å². The summed E-state index contributed by atoms with van der Waals surface area (Å²) in [4.78, 5) is 27.0. The average Bonchev–Trinajstić information content (AvgIpc) is 3.62. The molecule has 2 atom stereocenters. The number of aromatic nitrogens is 3. The highest BCUT2D eigenvalue weighted by molar-refractivity contribution is 6.90. The minimum atomic E-state index is -2.32. The zero-order valence-corrected chi connectivity index (χ0v) is 32.1. The first-order chi connectivity index (χ1) is 24.8. The number of fused-ring (bicyclic) bond motifs is 3. The molecule has 4 aromatic rings. The third-order valence-electron chi connectivity index (χ3n) is 11.1. The van der Waals surface area contributed by atoms with E-state index >= 15 is 8.78 Å². The molecule has 0 bridgehead atoms. The summed E-state index contributed by atoms with van der Waals surface area (Å²) < 4.78 is 70.0. The molecule has 2 fully saturated rings. The zero-order chi connectivity index (χ0) is 37.5. The Morgan fingerprint density at radius 3 is 2.44 bits per heavy atom. The Labute approximate surface area is 303 Å². The van der Waals surface area contributed by atoms with Crippen LogP contribution in [0, 0.1) is 23.1 Å². The Morgan fingerprint density at radius 2 is 1.77 bits per heavy atom. The second-order valence-corrected chi connectivity index (χ2v) is 20.5. The Hall–Kier alpha value is -4.12. The number of rotatable bonds is 11. The van der Waals surface area contributed by atoms with Gasteiger partial charge in [-0.3, -0.25) is 14.7 Å². The molecule has 9 nitrogen and oxygen atoms in total. The summed E-state index contributed by atoms with van der Waals surface area (Å²) in [5.74, 6) is 1.87. The monoisotopic (exact) mass is 736 g/mol. The van der Waals surface area contributed by atoms with Crippen molar-refractivity contribution in [3.05, 3.63) is 51.8 Å². The molecule has 6 rings (SSSR count). The molecule has 2 aliphatic heterocycles. The van der Waals surface area contributed by atoms with Gasteiger partial charge in [-0.2, -0.15) is 4.98 Å². The van der Waals surface area contributed by atoms with Gasteiger partial charge in [0.2, 0.25) is 5.88 Å². The fraction of sp³-hybridized carbons (Fsp3) is 0.513. The first kappa shape index (κ1) is 37.6. The van der Waals surface area contributed by atoms with Crippen molar-refractivity contribution in [2.75, 3.05) is 40.7 Å². The zero-order valence-electron chi connectivity index (χ0n) is 31.1. The normalized spacial score (nSPS) is 19.2. The van der Waals surface area contributed by atoms with E-state index in [1.165, 1.54) is 20.3 Å². The van der Waals surface area contributed by atoms with Gasteiger partial charge in [0.25, 0.3) is 11.6 Å². The van der Waals surface area contributed by atoms with Crippen molar-refractivity contribution in [2.45, 2.75) is 89.1 Å². The topological polar surface area (TPSA) is 98.8 Å². The van der Waals surface area contributed by atoms with E-state index in [9.17, 15) is 9.18 Å². The summed E-state index contributed by atoms with van der Waals surface area (Å²) in [7, 11) is 0.476. The summed E-state index contributed by atoms with van der Waals surface area (Å²) in [6, 6.07) is 5.97. The van der Waals surface area contributed by atoms with Crippen molar-refractivity contribution in [2.24, 2.45) is 0 Å². The highest BCUT2D eigenvalue weighted by atomic mass is 28.3. The van der Waals surface area contributed by atoms with E-state index in [-0.39, 0.29) is 53.0 Å². The van der Waals surface area contributed by atoms with Gasteiger partial charge in [-0.15, -0.1) is 5.54 Å². The number of pyridine rings is 1. The SMILES string of the molecule is COCOc1cc(-c2nc(OC)c3c(=O)[nH]c(OC[C@@]45CCCN4C[C@H](F)C5)nc3c2F)c2c(C#C[Si](C(C)C)(C(C)C)C(C)C)c(F)ccc2c1. The molecule has 0 unspecified atom stereocenters. The van der Waals surface area contributed by atoms with Crippen LogP contribution in [0.5, 0.6) is 17.6 Å². The van der Waals surface area contributed by atoms with Crippen LogP contribution < -0.4 is 19.8 Å². The molecule has 0 radical (unpaired) electrons. The lowest BCUT2D eigenvalue weighted by atomic mass is 9.95. The van der Waals surface area contributed by atoms with Crippen LogP contribution >= 0.6 is 0 Å². The third kappa shape index (κ3) is 6.54. The number of aromatic amines is 1. The quantitative estimate of drug-likeness (QED) is 0.0943. The van der Waals surface area contributed by atoms with Crippen molar-refractivity contribution in [3.8, 4) is 40.4 Å².